The normalized spacial score (nSPS) is 15.2. The Balaban J connectivity index is 0.000000888. The number of fused-ring (bicyclic) bond motifs is 1. The molecule has 0 spiro atoms. The van der Waals surface area contributed by atoms with E-state index in [0.29, 0.717) is 40.0 Å². The highest BCUT2D eigenvalue weighted by molar-refractivity contribution is 6.30. The van der Waals surface area contributed by atoms with Gasteiger partial charge >= 0.3 is 5.97 Å². The molecule has 6 rings (SSSR count). The monoisotopic (exact) mass is 623 g/mol. The second-order valence-electron chi connectivity index (χ2n) is 10.8. The molecule has 0 saturated carbocycles. The molecule has 10 nitrogen and oxygen atoms in total. The topological polar surface area (TPSA) is 119 Å². The first-order valence-corrected chi connectivity index (χ1v) is 14.9. The quantitative estimate of drug-likeness (QED) is 0.269. The zero-order valence-electron chi connectivity index (χ0n) is 24.5. The van der Waals surface area contributed by atoms with Gasteiger partial charge in [-0.1, -0.05) is 23.7 Å². The maximum Gasteiger partial charge on any atom is 0.322 e. The van der Waals surface area contributed by atoms with Gasteiger partial charge < -0.3 is 24.5 Å². The van der Waals surface area contributed by atoms with Crippen LogP contribution in [0.1, 0.15) is 52.6 Å². The van der Waals surface area contributed by atoms with Gasteiger partial charge in [0.15, 0.2) is 0 Å². The number of imidazole rings is 1. The largest absolute Gasteiger partial charge is 0.480 e. The van der Waals surface area contributed by atoms with Gasteiger partial charge in [-0.3, -0.25) is 14.5 Å². The fourth-order valence-corrected chi connectivity index (χ4v) is 5.21. The molecular weight excluding hydrogens is 589 g/mol. The van der Waals surface area contributed by atoms with Crippen LogP contribution < -0.4 is 10.1 Å². The van der Waals surface area contributed by atoms with Gasteiger partial charge in [-0.05, 0) is 68.8 Å². The van der Waals surface area contributed by atoms with Crippen molar-refractivity contribution in [3.05, 3.63) is 88.1 Å². The number of hydrogen-bond donors (Lipinski definition) is 2. The maximum absolute atomic E-state index is 14.1. The lowest BCUT2D eigenvalue weighted by Gasteiger charge is -2.31. The van der Waals surface area contributed by atoms with E-state index >= 15 is 0 Å². The molecule has 2 saturated heterocycles. The lowest BCUT2D eigenvalue weighted by atomic mass is 9.93. The van der Waals surface area contributed by atoms with Gasteiger partial charge in [-0.25, -0.2) is 14.4 Å². The number of nitrogens with zero attached hydrogens (tertiary/aromatic N) is 4. The van der Waals surface area contributed by atoms with Crippen LogP contribution in [0.25, 0.3) is 11.0 Å². The Morgan fingerprint density at radius 2 is 1.86 bits per heavy atom. The Kier molecular flexibility index (Phi) is 10.4. The summed E-state index contributed by atoms with van der Waals surface area (Å²) in [5.74, 6) is -0.304. The number of aromatic nitrogens is 3. The van der Waals surface area contributed by atoms with Crippen LogP contribution in [0.3, 0.4) is 0 Å². The van der Waals surface area contributed by atoms with E-state index in [0.717, 1.165) is 56.2 Å². The fraction of sp³-hybridized carbons (Fsp3) is 0.375. The molecule has 2 N–H and O–H groups in total. The van der Waals surface area contributed by atoms with E-state index in [4.69, 9.17) is 31.2 Å². The molecule has 44 heavy (non-hydrogen) atoms. The van der Waals surface area contributed by atoms with Crippen molar-refractivity contribution in [2.45, 2.75) is 38.3 Å². The van der Waals surface area contributed by atoms with Crippen molar-refractivity contribution in [2.75, 3.05) is 32.8 Å². The third kappa shape index (κ3) is 8.10. The molecule has 2 fully saturated rings. The Labute approximate surface area is 259 Å². The number of ether oxygens (including phenoxy) is 2. The third-order valence-electron chi connectivity index (χ3n) is 7.72. The molecule has 1 amide bonds. The first-order chi connectivity index (χ1) is 21.3. The number of carboxylic acid groups (broad SMARTS) is 1. The van der Waals surface area contributed by atoms with Crippen LogP contribution in [0.5, 0.6) is 5.88 Å². The van der Waals surface area contributed by atoms with E-state index in [1.807, 2.05) is 29.8 Å². The molecule has 0 unspecified atom stereocenters. The van der Waals surface area contributed by atoms with Crippen LogP contribution in [-0.2, 0) is 29.7 Å². The molecule has 0 bridgehead atoms. The number of hydrogen-bond acceptors (Lipinski definition) is 7. The van der Waals surface area contributed by atoms with Gasteiger partial charge in [-0.15, -0.1) is 0 Å². The van der Waals surface area contributed by atoms with Gasteiger partial charge in [0.05, 0.1) is 17.6 Å². The molecule has 4 heterocycles. The second-order valence-corrected chi connectivity index (χ2v) is 11.2. The van der Waals surface area contributed by atoms with E-state index in [9.17, 15) is 14.0 Å². The fourth-order valence-electron chi connectivity index (χ4n) is 5.05. The standard InChI is InChI=1S/C29H29ClFN5O4.C3H6O/c1-35-25-8-6-19(29(39)32-15-28(37)38)13-24(25)33-26(35)16-36-11-9-18(10-12-36)23-3-2-4-27(34-23)40-17-20-5-7-21(30)14-22(20)31;1-2-4-3-1/h2-8,13-14,18H,9-12,15-17H2,1H3,(H,32,39)(H,37,38);1-3H2. The molecule has 0 atom stereocenters. The van der Waals surface area contributed by atoms with Gasteiger partial charge in [0, 0.05) is 54.1 Å². The number of carboxylic acids is 1. The van der Waals surface area contributed by atoms with Crippen molar-refractivity contribution in [2.24, 2.45) is 7.05 Å². The second kappa shape index (κ2) is 14.6. The number of carbonyl (C=O) groups excluding carboxylic acids is 1. The van der Waals surface area contributed by atoms with Crippen LogP contribution in [0, 0.1) is 5.82 Å². The summed E-state index contributed by atoms with van der Waals surface area (Å²) in [6.07, 6.45) is 3.14. The highest BCUT2D eigenvalue weighted by Gasteiger charge is 2.23. The minimum atomic E-state index is -1.10. The Morgan fingerprint density at radius 3 is 2.55 bits per heavy atom. The van der Waals surface area contributed by atoms with Crippen molar-refractivity contribution >= 4 is 34.5 Å². The minimum Gasteiger partial charge on any atom is -0.480 e. The minimum absolute atomic E-state index is 0.0738. The molecule has 232 valence electrons. The van der Waals surface area contributed by atoms with Gasteiger partial charge in [0.2, 0.25) is 5.88 Å². The number of benzene rings is 2. The third-order valence-corrected chi connectivity index (χ3v) is 7.95. The summed E-state index contributed by atoms with van der Waals surface area (Å²) in [6, 6.07) is 15.4. The van der Waals surface area contributed by atoms with E-state index in [2.05, 4.69) is 15.2 Å². The van der Waals surface area contributed by atoms with Crippen LogP contribution in [-0.4, -0.2) is 69.3 Å². The van der Waals surface area contributed by atoms with Gasteiger partial charge in [-0.2, -0.15) is 0 Å². The molecule has 2 aromatic carbocycles. The van der Waals surface area contributed by atoms with Crippen LogP contribution in [0.15, 0.2) is 54.6 Å². The predicted octanol–water partition coefficient (Wildman–Crippen LogP) is 4.94. The highest BCUT2D eigenvalue weighted by Crippen LogP contribution is 2.29. The van der Waals surface area contributed by atoms with Crippen LogP contribution in [0.2, 0.25) is 5.02 Å². The summed E-state index contributed by atoms with van der Waals surface area (Å²) in [7, 11) is 1.95. The number of halogens is 2. The molecule has 2 aliphatic heterocycles. The number of rotatable bonds is 9. The number of carbonyl (C=O) groups is 2. The molecule has 2 aliphatic rings. The average Bonchev–Trinajstić information content (AvgIpc) is 3.29. The van der Waals surface area contributed by atoms with Crippen molar-refractivity contribution < 1.29 is 28.6 Å². The van der Waals surface area contributed by atoms with E-state index in [-0.39, 0.29) is 6.61 Å². The molecule has 12 heteroatoms. The van der Waals surface area contributed by atoms with Crippen molar-refractivity contribution in [1.82, 2.24) is 24.8 Å². The average molecular weight is 624 g/mol. The Hall–Kier alpha value is -4.06. The van der Waals surface area contributed by atoms with E-state index in [1.165, 1.54) is 12.5 Å². The van der Waals surface area contributed by atoms with Crippen LogP contribution in [0.4, 0.5) is 4.39 Å². The number of aryl methyl sites for hydroxylation is 1. The smallest absolute Gasteiger partial charge is 0.322 e. The summed E-state index contributed by atoms with van der Waals surface area (Å²) < 4.78 is 26.6. The van der Waals surface area contributed by atoms with E-state index < -0.39 is 24.2 Å². The first kappa shape index (κ1) is 31.4. The molecular formula is C32H35ClFN5O5. The first-order valence-electron chi connectivity index (χ1n) is 14.6. The molecule has 4 aromatic rings. The molecule has 0 radical (unpaired) electrons. The summed E-state index contributed by atoms with van der Waals surface area (Å²) in [4.78, 5) is 34.8. The van der Waals surface area contributed by atoms with Gasteiger partial charge in [0.1, 0.15) is 24.8 Å². The number of piperidine rings is 1. The zero-order chi connectivity index (χ0) is 31.1. The van der Waals surface area contributed by atoms with Crippen molar-refractivity contribution in [1.29, 1.82) is 0 Å². The van der Waals surface area contributed by atoms with Crippen molar-refractivity contribution in [3.63, 3.8) is 0 Å². The van der Waals surface area contributed by atoms with Gasteiger partial charge in [0.25, 0.3) is 5.91 Å². The lowest BCUT2D eigenvalue weighted by molar-refractivity contribution is -0.135. The summed E-state index contributed by atoms with van der Waals surface area (Å²) in [5, 5.41) is 11.5. The summed E-state index contributed by atoms with van der Waals surface area (Å²) in [6.45, 7) is 4.06. The predicted molar refractivity (Wildman–Crippen MR) is 163 cm³/mol. The summed E-state index contributed by atoms with van der Waals surface area (Å²) >= 11 is 5.83. The van der Waals surface area contributed by atoms with Crippen molar-refractivity contribution in [3.8, 4) is 5.88 Å². The Bertz CT molecular complexity index is 1610. The highest BCUT2D eigenvalue weighted by atomic mass is 35.5. The number of likely N-dealkylation sites (tertiary alicyclic amines) is 1. The number of nitrogens with one attached hydrogen (secondary N) is 1. The van der Waals surface area contributed by atoms with E-state index in [1.54, 1.807) is 30.3 Å². The number of amides is 1. The number of aliphatic carboxylic acids is 1. The zero-order valence-corrected chi connectivity index (χ0v) is 25.2. The molecule has 2 aromatic heterocycles. The Morgan fingerprint density at radius 1 is 1.11 bits per heavy atom. The lowest BCUT2D eigenvalue weighted by Crippen LogP contribution is -2.33. The SMILES string of the molecule is C1COC1.Cn1c(CN2CCC(c3cccc(OCc4ccc(Cl)cc4F)n3)CC2)nc2cc(C(=O)NCC(=O)O)ccc21. The van der Waals surface area contributed by atoms with Crippen LogP contribution >= 0.6 is 11.6 Å². The number of pyridine rings is 1. The molecule has 0 aliphatic carbocycles. The summed E-state index contributed by atoms with van der Waals surface area (Å²) in [5.41, 5.74) is 3.35. The maximum atomic E-state index is 14.1.